The summed E-state index contributed by atoms with van der Waals surface area (Å²) in [5.41, 5.74) is 4.21. The highest BCUT2D eigenvalue weighted by atomic mass is 16.1. The van der Waals surface area contributed by atoms with E-state index in [-0.39, 0.29) is 11.0 Å². The molecule has 2 aromatic heterocycles. The molecule has 0 radical (unpaired) electrons. The van der Waals surface area contributed by atoms with Crippen LogP contribution in [0.25, 0.3) is 11.0 Å². The number of nitrogens with zero attached hydrogens (tertiary/aromatic N) is 3. The van der Waals surface area contributed by atoms with Gasteiger partial charge >= 0.3 is 0 Å². The number of anilines is 1. The molecule has 0 amide bonds. The summed E-state index contributed by atoms with van der Waals surface area (Å²) in [6.07, 6.45) is 5.99. The molecule has 1 aromatic carbocycles. The third-order valence-electron chi connectivity index (χ3n) is 5.38. The maximum Gasteiger partial charge on any atom is 0.201 e. The normalized spacial score (nSPS) is 13.8. The van der Waals surface area contributed by atoms with E-state index in [1.165, 1.54) is 11.1 Å². The fourth-order valence-electron chi connectivity index (χ4n) is 3.82. The molecule has 0 spiro atoms. The number of aryl methyl sites for hydroxylation is 1. The zero-order chi connectivity index (χ0) is 18.3. The summed E-state index contributed by atoms with van der Waals surface area (Å²) in [7, 11) is 2.04. The number of fused-ring (bicyclic) bond motifs is 2. The molecule has 1 aliphatic carbocycles. The van der Waals surface area contributed by atoms with Crippen LogP contribution in [-0.4, -0.2) is 28.9 Å². The van der Waals surface area contributed by atoms with E-state index < -0.39 is 0 Å². The van der Waals surface area contributed by atoms with E-state index in [9.17, 15) is 9.59 Å². The van der Waals surface area contributed by atoms with E-state index >= 15 is 0 Å². The van der Waals surface area contributed by atoms with Crippen LogP contribution in [0.15, 0.2) is 47.5 Å². The standard InChI is InChI=1S/C21H21N3O2/c1-3-24-12-16(13-25)20(26)19-10-18(11-22-21(19)24)23(2)17-8-14-6-4-5-7-15(14)9-17/h4-7,10-13,17H,3,8-9H2,1-2H3. The van der Waals surface area contributed by atoms with E-state index in [2.05, 4.69) is 34.1 Å². The summed E-state index contributed by atoms with van der Waals surface area (Å²) in [6.45, 7) is 2.62. The maximum atomic E-state index is 12.6. The molecule has 132 valence electrons. The molecule has 0 unspecified atom stereocenters. The van der Waals surface area contributed by atoms with Gasteiger partial charge in [-0.1, -0.05) is 24.3 Å². The fourth-order valence-corrected chi connectivity index (χ4v) is 3.82. The van der Waals surface area contributed by atoms with Gasteiger partial charge in [0.2, 0.25) is 5.43 Å². The number of carbonyl (C=O) groups is 1. The molecule has 5 nitrogen and oxygen atoms in total. The van der Waals surface area contributed by atoms with Crippen LogP contribution >= 0.6 is 0 Å². The molecule has 1 aliphatic rings. The Kier molecular flexibility index (Phi) is 4.07. The van der Waals surface area contributed by atoms with Crippen molar-refractivity contribution in [1.82, 2.24) is 9.55 Å². The molecule has 0 aliphatic heterocycles. The minimum absolute atomic E-state index is 0.175. The molecule has 0 atom stereocenters. The number of benzene rings is 1. The lowest BCUT2D eigenvalue weighted by atomic mass is 10.1. The van der Waals surface area contributed by atoms with Gasteiger partial charge in [-0.3, -0.25) is 9.59 Å². The van der Waals surface area contributed by atoms with Crippen molar-refractivity contribution in [1.29, 1.82) is 0 Å². The van der Waals surface area contributed by atoms with Crippen LogP contribution in [0.3, 0.4) is 0 Å². The maximum absolute atomic E-state index is 12.6. The monoisotopic (exact) mass is 347 g/mol. The van der Waals surface area contributed by atoms with Crippen molar-refractivity contribution < 1.29 is 4.79 Å². The lowest BCUT2D eigenvalue weighted by molar-refractivity contribution is 0.112. The quantitative estimate of drug-likeness (QED) is 0.681. The van der Waals surface area contributed by atoms with Crippen molar-refractivity contribution in [3.8, 4) is 0 Å². The second kappa shape index (κ2) is 6.41. The van der Waals surface area contributed by atoms with Crippen LogP contribution in [-0.2, 0) is 19.4 Å². The number of aromatic nitrogens is 2. The van der Waals surface area contributed by atoms with Gasteiger partial charge in [0.05, 0.1) is 22.8 Å². The van der Waals surface area contributed by atoms with Gasteiger partial charge in [0, 0.05) is 25.8 Å². The van der Waals surface area contributed by atoms with E-state index in [1.54, 1.807) is 6.20 Å². The highest BCUT2D eigenvalue weighted by Crippen LogP contribution is 2.28. The summed E-state index contributed by atoms with van der Waals surface area (Å²) >= 11 is 0. The summed E-state index contributed by atoms with van der Waals surface area (Å²) in [5, 5.41) is 0.497. The average Bonchev–Trinajstić information content (AvgIpc) is 3.12. The van der Waals surface area contributed by atoms with Crippen molar-refractivity contribution in [2.75, 3.05) is 11.9 Å². The molecule has 4 rings (SSSR count). The smallest absolute Gasteiger partial charge is 0.201 e. The van der Waals surface area contributed by atoms with Crippen molar-refractivity contribution in [3.05, 3.63) is 69.6 Å². The van der Waals surface area contributed by atoms with E-state index in [4.69, 9.17) is 0 Å². The van der Waals surface area contributed by atoms with Gasteiger partial charge in [-0.05, 0) is 37.0 Å². The molecule has 0 saturated heterocycles. The van der Waals surface area contributed by atoms with Crippen LogP contribution in [0.2, 0.25) is 0 Å². The Morgan fingerprint density at radius 2 is 1.96 bits per heavy atom. The Balaban J connectivity index is 1.75. The lowest BCUT2D eigenvalue weighted by Crippen LogP contribution is -2.32. The van der Waals surface area contributed by atoms with Gasteiger partial charge < -0.3 is 9.47 Å². The van der Waals surface area contributed by atoms with Crippen molar-refractivity contribution in [2.45, 2.75) is 32.4 Å². The topological polar surface area (TPSA) is 55.2 Å². The second-order valence-electron chi connectivity index (χ2n) is 6.82. The molecule has 5 heteroatoms. The third kappa shape index (κ3) is 2.60. The van der Waals surface area contributed by atoms with Crippen molar-refractivity contribution >= 4 is 23.0 Å². The third-order valence-corrected chi connectivity index (χ3v) is 5.38. The van der Waals surface area contributed by atoms with Crippen LogP contribution in [0, 0.1) is 0 Å². The Bertz CT molecular complexity index is 1030. The van der Waals surface area contributed by atoms with Crippen molar-refractivity contribution in [2.24, 2.45) is 0 Å². The number of carbonyl (C=O) groups excluding carboxylic acids is 1. The number of hydrogen-bond acceptors (Lipinski definition) is 4. The fraction of sp³-hybridized carbons (Fsp3) is 0.286. The molecule has 0 saturated carbocycles. The number of pyridine rings is 2. The molecule has 0 N–H and O–H groups in total. The predicted molar refractivity (Wildman–Crippen MR) is 103 cm³/mol. The first-order valence-electron chi connectivity index (χ1n) is 8.90. The van der Waals surface area contributed by atoms with Gasteiger partial charge in [-0.15, -0.1) is 0 Å². The van der Waals surface area contributed by atoms with Crippen molar-refractivity contribution in [3.63, 3.8) is 0 Å². The molecule has 26 heavy (non-hydrogen) atoms. The van der Waals surface area contributed by atoms with Gasteiger partial charge in [-0.25, -0.2) is 4.98 Å². The van der Waals surface area contributed by atoms with Gasteiger partial charge in [0.1, 0.15) is 5.65 Å². The average molecular weight is 347 g/mol. The zero-order valence-electron chi connectivity index (χ0n) is 15.0. The number of rotatable bonds is 4. The van der Waals surface area contributed by atoms with Crippen LogP contribution in [0.5, 0.6) is 0 Å². The van der Waals surface area contributed by atoms with Gasteiger partial charge in [-0.2, -0.15) is 0 Å². The first kappa shape index (κ1) is 16.5. The van der Waals surface area contributed by atoms with Crippen LogP contribution < -0.4 is 10.3 Å². The van der Waals surface area contributed by atoms with E-state index in [1.807, 2.05) is 30.8 Å². The molecule has 2 heterocycles. The van der Waals surface area contributed by atoms with Gasteiger partial charge in [0.15, 0.2) is 6.29 Å². The first-order valence-corrected chi connectivity index (χ1v) is 8.90. The minimum atomic E-state index is -0.253. The number of hydrogen-bond donors (Lipinski definition) is 0. The SMILES string of the molecule is CCn1cc(C=O)c(=O)c2cc(N(C)C3Cc4ccccc4C3)cnc21. The number of aldehydes is 1. The Morgan fingerprint density at radius 3 is 2.58 bits per heavy atom. The van der Waals surface area contributed by atoms with Crippen LogP contribution in [0.1, 0.15) is 28.4 Å². The summed E-state index contributed by atoms with van der Waals surface area (Å²) in [5.74, 6) is 0. The Hall–Kier alpha value is -2.95. The van der Waals surface area contributed by atoms with Gasteiger partial charge in [0.25, 0.3) is 0 Å². The van der Waals surface area contributed by atoms with E-state index in [0.29, 0.717) is 29.9 Å². The second-order valence-corrected chi connectivity index (χ2v) is 6.82. The summed E-state index contributed by atoms with van der Waals surface area (Å²) in [6, 6.07) is 10.7. The zero-order valence-corrected chi connectivity index (χ0v) is 15.0. The predicted octanol–water partition coefficient (Wildman–Crippen LogP) is 2.83. The molecule has 0 fully saturated rings. The van der Waals surface area contributed by atoms with Crippen LogP contribution in [0.4, 0.5) is 5.69 Å². The minimum Gasteiger partial charge on any atom is -0.370 e. The summed E-state index contributed by atoms with van der Waals surface area (Å²) < 4.78 is 1.84. The Morgan fingerprint density at radius 1 is 1.27 bits per heavy atom. The van der Waals surface area contributed by atoms with E-state index in [0.717, 1.165) is 18.5 Å². The lowest BCUT2D eigenvalue weighted by Gasteiger charge is -2.26. The largest absolute Gasteiger partial charge is 0.370 e. The summed E-state index contributed by atoms with van der Waals surface area (Å²) in [4.78, 5) is 30.6. The Labute approximate surface area is 151 Å². The molecular weight excluding hydrogens is 326 g/mol. The highest BCUT2D eigenvalue weighted by Gasteiger charge is 2.25. The molecule has 3 aromatic rings. The number of likely N-dealkylation sites (N-methyl/N-ethyl adjacent to an activating group) is 1. The molecular formula is C21H21N3O2. The highest BCUT2D eigenvalue weighted by molar-refractivity contribution is 5.86. The first-order chi connectivity index (χ1) is 12.6. The molecule has 0 bridgehead atoms.